The molecule has 0 spiro atoms. The number of fused-ring (bicyclic) bond motifs is 4. The van der Waals surface area contributed by atoms with E-state index in [1.165, 1.54) is 16.5 Å². The van der Waals surface area contributed by atoms with Crippen molar-refractivity contribution in [2.75, 3.05) is 0 Å². The number of hydrogen-bond donors (Lipinski definition) is 0. The van der Waals surface area contributed by atoms with E-state index in [0.29, 0.717) is 17.5 Å². The molecule has 2 aromatic heterocycles. The van der Waals surface area contributed by atoms with E-state index in [0.717, 1.165) is 66.3 Å². The molecule has 248 valence electrons. The second-order valence-electron chi connectivity index (χ2n) is 13.3. The van der Waals surface area contributed by atoms with Gasteiger partial charge in [0.05, 0.1) is 0 Å². The van der Waals surface area contributed by atoms with Gasteiger partial charge in [-0.25, -0.2) is 15.0 Å². The molecule has 53 heavy (non-hydrogen) atoms. The largest absolute Gasteiger partial charge is 0.456 e. The van der Waals surface area contributed by atoms with Gasteiger partial charge in [-0.2, -0.15) is 0 Å². The zero-order valence-electron chi connectivity index (χ0n) is 28.6. The highest BCUT2D eigenvalue weighted by Gasteiger charge is 2.17. The van der Waals surface area contributed by atoms with Gasteiger partial charge in [0.2, 0.25) is 0 Å². The lowest BCUT2D eigenvalue weighted by Crippen LogP contribution is -2.00. The Morgan fingerprint density at radius 1 is 0.302 bits per heavy atom. The lowest BCUT2D eigenvalue weighted by Gasteiger charge is -2.10. The molecule has 4 heteroatoms. The van der Waals surface area contributed by atoms with Gasteiger partial charge in [0.25, 0.3) is 0 Å². The third-order valence-electron chi connectivity index (χ3n) is 9.91. The van der Waals surface area contributed by atoms with Gasteiger partial charge in [-0.05, 0) is 80.6 Å². The number of aromatic nitrogens is 3. The van der Waals surface area contributed by atoms with E-state index in [1.54, 1.807) is 0 Å². The van der Waals surface area contributed by atoms with E-state index in [9.17, 15) is 0 Å². The summed E-state index contributed by atoms with van der Waals surface area (Å²) >= 11 is 0. The Morgan fingerprint density at radius 2 is 0.811 bits per heavy atom. The highest BCUT2D eigenvalue weighted by atomic mass is 16.3. The Labute approximate surface area is 306 Å². The van der Waals surface area contributed by atoms with Gasteiger partial charge in [0.15, 0.2) is 17.5 Å². The Bertz CT molecular complexity index is 2950. The van der Waals surface area contributed by atoms with E-state index >= 15 is 0 Å². The molecule has 2 heterocycles. The molecule has 0 aliphatic rings. The van der Waals surface area contributed by atoms with E-state index in [1.807, 2.05) is 18.2 Å². The van der Waals surface area contributed by atoms with Gasteiger partial charge < -0.3 is 4.42 Å². The third kappa shape index (κ3) is 5.73. The van der Waals surface area contributed by atoms with Crippen LogP contribution in [0.4, 0.5) is 0 Å². The van der Waals surface area contributed by atoms with Gasteiger partial charge in [-0.1, -0.05) is 152 Å². The van der Waals surface area contributed by atoms with Crippen molar-refractivity contribution in [3.8, 4) is 67.5 Å². The summed E-state index contributed by atoms with van der Waals surface area (Å²) in [6, 6.07) is 65.2. The topological polar surface area (TPSA) is 51.8 Å². The predicted molar refractivity (Wildman–Crippen MR) is 217 cm³/mol. The quantitative estimate of drug-likeness (QED) is 0.176. The lowest BCUT2D eigenvalue weighted by molar-refractivity contribution is 0.669. The first-order valence-corrected chi connectivity index (χ1v) is 17.8. The van der Waals surface area contributed by atoms with Gasteiger partial charge in [-0.15, -0.1) is 0 Å². The summed E-state index contributed by atoms with van der Waals surface area (Å²) in [5, 5.41) is 4.44. The highest BCUT2D eigenvalue weighted by molar-refractivity contribution is 6.13. The summed E-state index contributed by atoms with van der Waals surface area (Å²) in [6.45, 7) is 0. The maximum Gasteiger partial charge on any atom is 0.164 e. The third-order valence-corrected chi connectivity index (χ3v) is 9.91. The molecule has 0 unspecified atom stereocenters. The minimum Gasteiger partial charge on any atom is -0.456 e. The van der Waals surface area contributed by atoms with Crippen molar-refractivity contribution in [3.63, 3.8) is 0 Å². The van der Waals surface area contributed by atoms with Gasteiger partial charge in [0.1, 0.15) is 11.2 Å². The fraction of sp³-hybridized carbons (Fsp3) is 0. The molecule has 0 aliphatic heterocycles. The number of furan rings is 1. The van der Waals surface area contributed by atoms with Crippen LogP contribution in [0.1, 0.15) is 0 Å². The normalized spacial score (nSPS) is 11.4. The Kier molecular flexibility index (Phi) is 7.43. The predicted octanol–water partition coefficient (Wildman–Crippen LogP) is 12.9. The SMILES string of the molecule is c1ccc(-c2cccc(-c3nc(-c4ccc5ccccc5c4)nc(-c4ccc5c(c4)oc4cccc(-c6cccc(-c7ccccc7)c6)c45)n3)c2)cc1. The van der Waals surface area contributed by atoms with Crippen molar-refractivity contribution in [2.24, 2.45) is 0 Å². The van der Waals surface area contributed by atoms with Crippen molar-refractivity contribution in [1.82, 2.24) is 15.0 Å². The molecule has 10 rings (SSSR count). The first-order valence-electron chi connectivity index (χ1n) is 17.8. The summed E-state index contributed by atoms with van der Waals surface area (Å²) in [5.74, 6) is 1.81. The monoisotopic (exact) mass is 677 g/mol. The minimum atomic E-state index is 0.585. The summed E-state index contributed by atoms with van der Waals surface area (Å²) in [6.07, 6.45) is 0. The van der Waals surface area contributed by atoms with Crippen molar-refractivity contribution in [1.29, 1.82) is 0 Å². The fourth-order valence-corrected chi connectivity index (χ4v) is 7.26. The van der Waals surface area contributed by atoms with Crippen molar-refractivity contribution in [3.05, 3.63) is 188 Å². The molecule has 4 nitrogen and oxygen atoms in total. The Morgan fingerprint density at radius 3 is 1.51 bits per heavy atom. The van der Waals surface area contributed by atoms with Crippen LogP contribution >= 0.6 is 0 Å². The summed E-state index contributed by atoms with van der Waals surface area (Å²) in [7, 11) is 0. The first kappa shape index (κ1) is 30.6. The zero-order valence-corrected chi connectivity index (χ0v) is 28.6. The van der Waals surface area contributed by atoms with Gasteiger partial charge in [-0.3, -0.25) is 0 Å². The number of benzene rings is 8. The highest BCUT2D eigenvalue weighted by Crippen LogP contribution is 2.39. The van der Waals surface area contributed by atoms with Crippen LogP contribution in [0.3, 0.4) is 0 Å². The van der Waals surface area contributed by atoms with E-state index < -0.39 is 0 Å². The van der Waals surface area contributed by atoms with Crippen LogP contribution in [-0.2, 0) is 0 Å². The molecule has 0 bridgehead atoms. The molecule has 0 N–H and O–H groups in total. The van der Waals surface area contributed by atoms with Crippen LogP contribution in [0.15, 0.2) is 192 Å². The number of rotatable bonds is 6. The van der Waals surface area contributed by atoms with Crippen molar-refractivity contribution >= 4 is 32.7 Å². The summed E-state index contributed by atoms with van der Waals surface area (Å²) in [5.41, 5.74) is 11.2. The summed E-state index contributed by atoms with van der Waals surface area (Å²) < 4.78 is 6.56. The summed E-state index contributed by atoms with van der Waals surface area (Å²) in [4.78, 5) is 15.3. The van der Waals surface area contributed by atoms with Crippen LogP contribution in [0.2, 0.25) is 0 Å². The van der Waals surface area contributed by atoms with Crippen LogP contribution in [0.25, 0.3) is 100 Å². The Balaban J connectivity index is 1.11. The zero-order chi connectivity index (χ0) is 35.1. The molecular weight excluding hydrogens is 647 g/mol. The standard InChI is InChI=1S/C49H31N3O/c1-3-12-32(13-4-1)36-18-9-20-38(28-36)42-22-11-23-44-46(42)43-27-26-41(31-45(43)53-44)49-51-47(39-21-10-19-37(29-39)33-14-5-2-6-15-33)50-48(52-49)40-25-24-34-16-7-8-17-35(34)30-40/h1-31H. The average Bonchev–Trinajstić information content (AvgIpc) is 3.62. The maximum atomic E-state index is 6.56. The second kappa shape index (κ2) is 12.9. The molecule has 0 aliphatic carbocycles. The molecule has 10 aromatic rings. The average molecular weight is 678 g/mol. The smallest absolute Gasteiger partial charge is 0.164 e. The van der Waals surface area contributed by atoms with Gasteiger partial charge in [0, 0.05) is 27.5 Å². The lowest BCUT2D eigenvalue weighted by atomic mass is 9.96. The van der Waals surface area contributed by atoms with Crippen molar-refractivity contribution in [2.45, 2.75) is 0 Å². The van der Waals surface area contributed by atoms with E-state index in [-0.39, 0.29) is 0 Å². The van der Waals surface area contributed by atoms with Gasteiger partial charge >= 0.3 is 0 Å². The molecule has 0 saturated carbocycles. The second-order valence-corrected chi connectivity index (χ2v) is 13.3. The van der Waals surface area contributed by atoms with Crippen molar-refractivity contribution < 1.29 is 4.42 Å². The molecule has 0 radical (unpaired) electrons. The molecule has 0 saturated heterocycles. The minimum absolute atomic E-state index is 0.585. The molecule has 0 atom stereocenters. The van der Waals surface area contributed by atoms with Crippen LogP contribution in [0.5, 0.6) is 0 Å². The van der Waals surface area contributed by atoms with Crippen LogP contribution in [0, 0.1) is 0 Å². The molecule has 0 amide bonds. The van der Waals surface area contributed by atoms with E-state index in [4.69, 9.17) is 19.4 Å². The van der Waals surface area contributed by atoms with Crippen LogP contribution in [-0.4, -0.2) is 15.0 Å². The van der Waals surface area contributed by atoms with E-state index in [2.05, 4.69) is 170 Å². The maximum absolute atomic E-state index is 6.56. The first-order chi connectivity index (χ1) is 26.2. The number of nitrogens with zero attached hydrogens (tertiary/aromatic N) is 3. The Hall–Kier alpha value is -7.17. The molecule has 0 fully saturated rings. The van der Waals surface area contributed by atoms with Crippen LogP contribution < -0.4 is 0 Å². The fourth-order valence-electron chi connectivity index (χ4n) is 7.26. The molecule has 8 aromatic carbocycles. The molecular formula is C49H31N3O. The number of hydrogen-bond acceptors (Lipinski definition) is 4.